The molecule has 1 aromatic carbocycles. The Labute approximate surface area is 117 Å². The van der Waals surface area contributed by atoms with Gasteiger partial charge >= 0.3 is 0 Å². The van der Waals surface area contributed by atoms with Crippen LogP contribution in [0.4, 0.5) is 0 Å². The number of aromatic nitrogens is 1. The summed E-state index contributed by atoms with van der Waals surface area (Å²) >= 11 is 0. The highest BCUT2D eigenvalue weighted by Crippen LogP contribution is 2.30. The molecule has 0 saturated carbocycles. The average Bonchev–Trinajstić information content (AvgIpc) is 2.39. The van der Waals surface area contributed by atoms with Crippen molar-refractivity contribution in [3.05, 3.63) is 41.1 Å². The van der Waals surface area contributed by atoms with Crippen LogP contribution in [0.5, 0.6) is 0 Å². The Hall–Kier alpha value is -1.31. The van der Waals surface area contributed by atoms with Gasteiger partial charge in [-0.3, -0.25) is 4.98 Å². The van der Waals surface area contributed by atoms with Gasteiger partial charge in [0.1, 0.15) is 0 Å². The van der Waals surface area contributed by atoms with Gasteiger partial charge in [-0.1, -0.05) is 44.3 Å². The summed E-state index contributed by atoms with van der Waals surface area (Å²) in [5, 5.41) is 1.31. The van der Waals surface area contributed by atoms with Crippen molar-refractivity contribution in [3.8, 4) is 0 Å². The quantitative estimate of drug-likeness (QED) is 0.553. The number of rotatable bonds is 5. The van der Waals surface area contributed by atoms with Gasteiger partial charge in [-0.15, -0.1) is 0 Å². The topological polar surface area (TPSA) is 12.9 Å². The molecule has 2 aromatic rings. The molecule has 2 radical (unpaired) electrons. The minimum atomic E-state index is 0.567. The second kappa shape index (κ2) is 6.23. The normalized spacial score (nSPS) is 12.8. The molecule has 0 aliphatic heterocycles. The van der Waals surface area contributed by atoms with Crippen LogP contribution in [-0.4, -0.2) is 12.8 Å². The van der Waals surface area contributed by atoms with Crippen LogP contribution in [0.1, 0.15) is 48.9 Å². The van der Waals surface area contributed by atoms with E-state index in [1.807, 2.05) is 0 Å². The smallest absolute Gasteiger partial charge is 0.0737 e. The molecule has 2 rings (SSSR count). The molecule has 2 heteroatoms. The van der Waals surface area contributed by atoms with E-state index in [-0.39, 0.29) is 0 Å². The van der Waals surface area contributed by atoms with Crippen LogP contribution < -0.4 is 0 Å². The number of pyridine rings is 1. The van der Waals surface area contributed by atoms with E-state index in [1.165, 1.54) is 29.4 Å². The fourth-order valence-corrected chi connectivity index (χ4v) is 2.71. The molecule has 0 saturated heterocycles. The second-order valence-corrected chi connectivity index (χ2v) is 5.51. The Morgan fingerprint density at radius 2 is 2.00 bits per heavy atom. The highest BCUT2D eigenvalue weighted by atomic mass is 14.7. The lowest BCUT2D eigenvalue weighted by molar-refractivity contribution is 0.626. The van der Waals surface area contributed by atoms with Gasteiger partial charge in [0.05, 0.1) is 13.4 Å². The number of fused-ring (bicyclic) bond motifs is 1. The van der Waals surface area contributed by atoms with E-state index >= 15 is 0 Å². The molecule has 98 valence electrons. The minimum absolute atomic E-state index is 0.567. The Kier molecular flexibility index (Phi) is 4.63. The monoisotopic (exact) mass is 251 g/mol. The van der Waals surface area contributed by atoms with Gasteiger partial charge < -0.3 is 0 Å². The van der Waals surface area contributed by atoms with Crippen LogP contribution >= 0.6 is 0 Å². The lowest BCUT2D eigenvalue weighted by Gasteiger charge is -2.16. The summed E-state index contributed by atoms with van der Waals surface area (Å²) < 4.78 is 0. The van der Waals surface area contributed by atoms with Gasteiger partial charge in [0.2, 0.25) is 0 Å². The van der Waals surface area contributed by atoms with E-state index in [0.29, 0.717) is 5.92 Å². The fraction of sp³-hybridized carbons (Fsp3) is 0.471. The molecule has 0 amide bonds. The molecular formula is C17H22BN. The maximum atomic E-state index is 5.58. The first kappa shape index (κ1) is 14.1. The van der Waals surface area contributed by atoms with Crippen LogP contribution in [-0.2, 0) is 0 Å². The lowest BCUT2D eigenvalue weighted by Crippen LogP contribution is -1.99. The Morgan fingerprint density at radius 3 is 2.74 bits per heavy atom. The first-order valence-electron chi connectivity index (χ1n) is 7.20. The maximum Gasteiger partial charge on any atom is 0.0737 e. The third-order valence-corrected chi connectivity index (χ3v) is 3.82. The Balaban J connectivity index is 2.39. The highest BCUT2D eigenvalue weighted by molar-refractivity contribution is 6.08. The van der Waals surface area contributed by atoms with Gasteiger partial charge in [-0.05, 0) is 43.4 Å². The van der Waals surface area contributed by atoms with Crippen LogP contribution in [0.3, 0.4) is 0 Å². The standard InChI is InChI=1S/C17H22BN/c1-12(7-4-5-10-18)16-11-14(3)19-17-13(2)8-6-9-15(16)17/h6,8-9,11-12H,4-5,7,10H2,1-3H3. The molecule has 0 fully saturated rings. The number of benzene rings is 1. The molecule has 0 N–H and O–H groups in total. The van der Waals surface area contributed by atoms with Crippen LogP contribution in [0.2, 0.25) is 6.32 Å². The second-order valence-electron chi connectivity index (χ2n) is 5.51. The third-order valence-electron chi connectivity index (χ3n) is 3.82. The van der Waals surface area contributed by atoms with Crippen molar-refractivity contribution >= 4 is 18.7 Å². The zero-order valence-corrected chi connectivity index (χ0v) is 12.2. The van der Waals surface area contributed by atoms with Crippen LogP contribution in [0.15, 0.2) is 24.3 Å². The first-order chi connectivity index (χ1) is 9.13. The average molecular weight is 251 g/mol. The molecule has 0 aliphatic carbocycles. The highest BCUT2D eigenvalue weighted by Gasteiger charge is 2.12. The summed E-state index contributed by atoms with van der Waals surface area (Å²) in [6.45, 7) is 6.53. The lowest BCUT2D eigenvalue weighted by atomic mass is 9.89. The van der Waals surface area contributed by atoms with E-state index in [2.05, 4.69) is 45.0 Å². The van der Waals surface area contributed by atoms with Crippen LogP contribution in [0, 0.1) is 13.8 Å². The van der Waals surface area contributed by atoms with Gasteiger partial charge in [-0.25, -0.2) is 0 Å². The van der Waals surface area contributed by atoms with Gasteiger partial charge in [0, 0.05) is 11.1 Å². The van der Waals surface area contributed by atoms with Crippen molar-refractivity contribution in [2.75, 3.05) is 0 Å². The summed E-state index contributed by atoms with van der Waals surface area (Å²) in [6, 6.07) is 8.71. The SMILES string of the molecule is [B]CCCCC(C)c1cc(C)nc2c(C)cccc12. The summed E-state index contributed by atoms with van der Waals surface area (Å²) in [4.78, 5) is 4.69. The molecule has 1 heterocycles. The summed E-state index contributed by atoms with van der Waals surface area (Å²) in [5.41, 5.74) is 4.96. The van der Waals surface area contributed by atoms with Crippen molar-refractivity contribution in [2.24, 2.45) is 0 Å². The van der Waals surface area contributed by atoms with Gasteiger partial charge in [0.25, 0.3) is 0 Å². The summed E-state index contributed by atoms with van der Waals surface area (Å²) in [6.07, 6.45) is 4.31. The molecule has 0 aliphatic rings. The zero-order chi connectivity index (χ0) is 13.8. The van der Waals surface area contributed by atoms with E-state index < -0.39 is 0 Å². The maximum absolute atomic E-state index is 5.58. The number of nitrogens with zero attached hydrogens (tertiary/aromatic N) is 1. The molecule has 1 unspecified atom stereocenters. The number of hydrogen-bond acceptors (Lipinski definition) is 1. The first-order valence-corrected chi connectivity index (χ1v) is 7.20. The summed E-state index contributed by atoms with van der Waals surface area (Å²) in [5.74, 6) is 0.567. The van der Waals surface area contributed by atoms with Crippen LogP contribution in [0.25, 0.3) is 10.9 Å². The molecule has 19 heavy (non-hydrogen) atoms. The molecule has 0 bridgehead atoms. The van der Waals surface area contributed by atoms with E-state index in [0.717, 1.165) is 24.0 Å². The number of hydrogen-bond donors (Lipinski definition) is 0. The van der Waals surface area contributed by atoms with Crippen molar-refractivity contribution in [3.63, 3.8) is 0 Å². The zero-order valence-electron chi connectivity index (χ0n) is 12.2. The predicted molar refractivity (Wildman–Crippen MR) is 84.0 cm³/mol. The van der Waals surface area contributed by atoms with Crippen molar-refractivity contribution in [2.45, 2.75) is 52.3 Å². The molecule has 1 aromatic heterocycles. The fourth-order valence-electron chi connectivity index (χ4n) is 2.71. The summed E-state index contributed by atoms with van der Waals surface area (Å²) in [7, 11) is 5.58. The number of aryl methyl sites for hydroxylation is 2. The van der Waals surface area contributed by atoms with Crippen molar-refractivity contribution < 1.29 is 0 Å². The molecular weight excluding hydrogens is 229 g/mol. The largest absolute Gasteiger partial charge is 0.253 e. The van der Waals surface area contributed by atoms with E-state index in [9.17, 15) is 0 Å². The van der Waals surface area contributed by atoms with Crippen molar-refractivity contribution in [1.82, 2.24) is 4.98 Å². The number of unbranched alkanes of at least 4 members (excludes halogenated alkanes) is 1. The van der Waals surface area contributed by atoms with Crippen molar-refractivity contribution in [1.29, 1.82) is 0 Å². The third kappa shape index (κ3) is 3.18. The van der Waals surface area contributed by atoms with Gasteiger partial charge in [0.15, 0.2) is 0 Å². The van der Waals surface area contributed by atoms with Gasteiger partial charge in [-0.2, -0.15) is 0 Å². The Bertz CT molecular complexity index is 562. The molecule has 0 spiro atoms. The van der Waals surface area contributed by atoms with E-state index in [1.54, 1.807) is 0 Å². The Morgan fingerprint density at radius 1 is 1.21 bits per heavy atom. The van der Waals surface area contributed by atoms with E-state index in [4.69, 9.17) is 12.8 Å². The predicted octanol–water partition coefficient (Wildman–Crippen LogP) is 4.71. The molecule has 1 nitrogen and oxygen atoms in total. The number of para-hydroxylation sites is 1. The minimum Gasteiger partial charge on any atom is -0.253 e. The molecule has 1 atom stereocenters.